The first kappa shape index (κ1) is 21.9. The summed E-state index contributed by atoms with van der Waals surface area (Å²) < 4.78 is 5.28. The van der Waals surface area contributed by atoms with Gasteiger partial charge in [0.1, 0.15) is 5.78 Å². The van der Waals surface area contributed by atoms with Crippen molar-refractivity contribution in [1.29, 1.82) is 0 Å². The number of allylic oxidation sites excluding steroid dienone is 2. The molecule has 0 N–H and O–H groups in total. The van der Waals surface area contributed by atoms with Crippen molar-refractivity contribution in [3.05, 3.63) is 12.2 Å². The molecule has 0 bridgehead atoms. The second-order valence-corrected chi connectivity index (χ2v) is 6.87. The van der Waals surface area contributed by atoms with Crippen molar-refractivity contribution in [3.8, 4) is 0 Å². The molecule has 0 rings (SSSR count). The third kappa shape index (κ3) is 15.5. The molecule has 0 aromatic carbocycles. The standard InChI is InChI=1S/C20H36O3/c1-5-10-19(21)13-7-6-8-14-20(22)23-16-15-18(4)12-9-11-17(2)3/h9,11,17-18H,5-8,10,12-16H2,1-4H3/b11-9+. The summed E-state index contributed by atoms with van der Waals surface area (Å²) >= 11 is 0. The summed E-state index contributed by atoms with van der Waals surface area (Å²) in [4.78, 5) is 23.0. The quantitative estimate of drug-likeness (QED) is 0.241. The number of carbonyl (C=O) groups is 2. The minimum absolute atomic E-state index is 0.102. The van der Waals surface area contributed by atoms with E-state index in [4.69, 9.17) is 4.74 Å². The summed E-state index contributed by atoms with van der Waals surface area (Å²) in [5.74, 6) is 1.38. The van der Waals surface area contributed by atoms with E-state index in [0.717, 1.165) is 38.5 Å². The predicted molar refractivity (Wildman–Crippen MR) is 96.3 cm³/mol. The molecule has 0 fully saturated rings. The zero-order chi connectivity index (χ0) is 17.5. The van der Waals surface area contributed by atoms with E-state index in [1.807, 2.05) is 6.92 Å². The summed E-state index contributed by atoms with van der Waals surface area (Å²) in [5.41, 5.74) is 0. The molecule has 134 valence electrons. The second kappa shape index (κ2) is 14.5. The van der Waals surface area contributed by atoms with Crippen LogP contribution >= 0.6 is 0 Å². The van der Waals surface area contributed by atoms with Gasteiger partial charge in [-0.25, -0.2) is 0 Å². The van der Waals surface area contributed by atoms with Crippen LogP contribution in [-0.4, -0.2) is 18.4 Å². The fourth-order valence-electron chi connectivity index (χ4n) is 2.32. The molecule has 0 aromatic heterocycles. The minimum atomic E-state index is -0.102. The zero-order valence-corrected chi connectivity index (χ0v) is 15.6. The van der Waals surface area contributed by atoms with Gasteiger partial charge in [0.2, 0.25) is 0 Å². The number of carbonyl (C=O) groups excluding carboxylic acids is 2. The van der Waals surface area contributed by atoms with Crippen LogP contribution in [0.1, 0.15) is 85.5 Å². The Morgan fingerprint density at radius 1 is 1.00 bits per heavy atom. The summed E-state index contributed by atoms with van der Waals surface area (Å²) in [5, 5.41) is 0. The average Bonchev–Trinajstić information content (AvgIpc) is 2.46. The van der Waals surface area contributed by atoms with Gasteiger partial charge < -0.3 is 4.74 Å². The smallest absolute Gasteiger partial charge is 0.305 e. The Morgan fingerprint density at radius 2 is 1.70 bits per heavy atom. The van der Waals surface area contributed by atoms with Crippen molar-refractivity contribution in [3.63, 3.8) is 0 Å². The Balaban J connectivity index is 3.51. The maximum absolute atomic E-state index is 11.6. The van der Waals surface area contributed by atoms with Crippen molar-refractivity contribution in [2.75, 3.05) is 6.61 Å². The SMILES string of the molecule is CCCC(=O)CCCCCC(=O)OCCC(C)C/C=C/C(C)C. The van der Waals surface area contributed by atoms with E-state index in [1.54, 1.807) is 0 Å². The normalized spacial score (nSPS) is 12.7. The Bertz CT molecular complexity index is 345. The lowest BCUT2D eigenvalue weighted by Crippen LogP contribution is -2.08. The highest BCUT2D eigenvalue weighted by molar-refractivity contribution is 5.78. The third-order valence-corrected chi connectivity index (χ3v) is 3.80. The number of ether oxygens (including phenoxy) is 1. The Kier molecular flexibility index (Phi) is 13.8. The van der Waals surface area contributed by atoms with Crippen molar-refractivity contribution in [1.82, 2.24) is 0 Å². The van der Waals surface area contributed by atoms with Crippen LogP contribution in [0.5, 0.6) is 0 Å². The van der Waals surface area contributed by atoms with Gasteiger partial charge in [-0.2, -0.15) is 0 Å². The fourth-order valence-corrected chi connectivity index (χ4v) is 2.32. The fraction of sp³-hybridized carbons (Fsp3) is 0.800. The maximum Gasteiger partial charge on any atom is 0.305 e. The summed E-state index contributed by atoms with van der Waals surface area (Å²) in [6.45, 7) is 9.07. The Hall–Kier alpha value is -1.12. The first-order valence-electron chi connectivity index (χ1n) is 9.29. The number of hydrogen-bond donors (Lipinski definition) is 0. The van der Waals surface area contributed by atoms with Gasteiger partial charge in [0.25, 0.3) is 0 Å². The number of rotatable bonds is 14. The van der Waals surface area contributed by atoms with Gasteiger partial charge in [-0.3, -0.25) is 9.59 Å². The molecule has 3 nitrogen and oxygen atoms in total. The summed E-state index contributed by atoms with van der Waals surface area (Å²) in [6.07, 6.45) is 11.8. The van der Waals surface area contributed by atoms with E-state index >= 15 is 0 Å². The third-order valence-electron chi connectivity index (χ3n) is 3.80. The first-order chi connectivity index (χ1) is 11.0. The summed E-state index contributed by atoms with van der Waals surface area (Å²) in [7, 11) is 0. The van der Waals surface area contributed by atoms with Crippen LogP contribution in [0.3, 0.4) is 0 Å². The van der Waals surface area contributed by atoms with Crippen molar-refractivity contribution in [2.45, 2.75) is 85.5 Å². The first-order valence-corrected chi connectivity index (χ1v) is 9.29. The van der Waals surface area contributed by atoms with E-state index in [1.165, 1.54) is 0 Å². The molecule has 0 aliphatic carbocycles. The Labute approximate surface area is 142 Å². The van der Waals surface area contributed by atoms with Gasteiger partial charge in [-0.15, -0.1) is 0 Å². The maximum atomic E-state index is 11.6. The highest BCUT2D eigenvalue weighted by Crippen LogP contribution is 2.11. The van der Waals surface area contributed by atoms with E-state index in [-0.39, 0.29) is 5.97 Å². The van der Waals surface area contributed by atoms with Gasteiger partial charge in [0, 0.05) is 19.3 Å². The van der Waals surface area contributed by atoms with Crippen LogP contribution in [0.25, 0.3) is 0 Å². The molecule has 1 unspecified atom stereocenters. The predicted octanol–water partition coefficient (Wildman–Crippen LogP) is 5.48. The molecule has 3 heteroatoms. The number of unbranched alkanes of at least 4 members (excludes halogenated alkanes) is 2. The molecule has 0 radical (unpaired) electrons. The van der Waals surface area contributed by atoms with Crippen LogP contribution in [-0.2, 0) is 14.3 Å². The number of Topliss-reactive ketones (excluding diaryl/α,β-unsaturated/α-hetero) is 1. The van der Waals surface area contributed by atoms with Crippen LogP contribution in [0.2, 0.25) is 0 Å². The average molecular weight is 325 g/mol. The molecule has 0 heterocycles. The molecule has 0 saturated heterocycles. The largest absolute Gasteiger partial charge is 0.466 e. The Morgan fingerprint density at radius 3 is 2.35 bits per heavy atom. The highest BCUT2D eigenvalue weighted by atomic mass is 16.5. The van der Waals surface area contributed by atoms with Crippen LogP contribution < -0.4 is 0 Å². The van der Waals surface area contributed by atoms with Crippen molar-refractivity contribution in [2.24, 2.45) is 11.8 Å². The van der Waals surface area contributed by atoms with Gasteiger partial charge in [0.05, 0.1) is 6.61 Å². The molecule has 0 aliphatic rings. The van der Waals surface area contributed by atoms with Gasteiger partial charge in [0.15, 0.2) is 0 Å². The zero-order valence-electron chi connectivity index (χ0n) is 15.6. The van der Waals surface area contributed by atoms with Crippen molar-refractivity contribution < 1.29 is 14.3 Å². The number of esters is 1. The van der Waals surface area contributed by atoms with Gasteiger partial charge in [-0.1, -0.05) is 46.3 Å². The monoisotopic (exact) mass is 324 g/mol. The lowest BCUT2D eigenvalue weighted by Gasteiger charge is -2.09. The second-order valence-electron chi connectivity index (χ2n) is 6.87. The lowest BCUT2D eigenvalue weighted by molar-refractivity contribution is -0.144. The summed E-state index contributed by atoms with van der Waals surface area (Å²) in [6, 6.07) is 0. The minimum Gasteiger partial charge on any atom is -0.466 e. The van der Waals surface area contributed by atoms with Gasteiger partial charge >= 0.3 is 5.97 Å². The number of ketones is 1. The molecule has 0 amide bonds. The van der Waals surface area contributed by atoms with E-state index in [0.29, 0.717) is 43.5 Å². The molecule has 23 heavy (non-hydrogen) atoms. The van der Waals surface area contributed by atoms with Crippen molar-refractivity contribution >= 4 is 11.8 Å². The molecule has 0 spiro atoms. The van der Waals surface area contributed by atoms with Crippen LogP contribution in [0, 0.1) is 11.8 Å². The van der Waals surface area contributed by atoms with E-state index < -0.39 is 0 Å². The van der Waals surface area contributed by atoms with Crippen LogP contribution in [0.15, 0.2) is 12.2 Å². The van der Waals surface area contributed by atoms with Gasteiger partial charge in [-0.05, 0) is 43.9 Å². The molecule has 1 atom stereocenters. The molecule has 0 aliphatic heterocycles. The topological polar surface area (TPSA) is 43.4 Å². The van der Waals surface area contributed by atoms with E-state index in [2.05, 4.69) is 32.9 Å². The molecular weight excluding hydrogens is 288 g/mol. The lowest BCUT2D eigenvalue weighted by atomic mass is 10.0. The molecule has 0 saturated carbocycles. The number of hydrogen-bond acceptors (Lipinski definition) is 3. The highest BCUT2D eigenvalue weighted by Gasteiger charge is 2.06. The molecule has 0 aromatic rings. The van der Waals surface area contributed by atoms with Crippen LogP contribution in [0.4, 0.5) is 0 Å². The van der Waals surface area contributed by atoms with E-state index in [9.17, 15) is 9.59 Å². The molecular formula is C20H36O3.